The molecule has 80 valence electrons. The molecule has 0 aliphatic carbocycles. The van der Waals surface area contributed by atoms with Crippen molar-refractivity contribution in [2.24, 2.45) is 0 Å². The fraction of sp³-hybridized carbons (Fsp3) is 0.571. The molecule has 0 unspecified atom stereocenters. The standard InChI is InChI=1S/C7H13N3O3S/c11-6-7-14(12,13)9-3-5-10-4-1-2-8-10/h1-2,4,9,11H,3,5-7H2. The van der Waals surface area contributed by atoms with E-state index < -0.39 is 10.0 Å². The first-order chi connectivity index (χ1) is 6.64. The zero-order chi connectivity index (χ0) is 10.4. The van der Waals surface area contributed by atoms with E-state index in [1.54, 1.807) is 23.1 Å². The Labute approximate surface area is 82.6 Å². The van der Waals surface area contributed by atoms with Crippen LogP contribution in [0.4, 0.5) is 0 Å². The minimum absolute atomic E-state index is 0.258. The van der Waals surface area contributed by atoms with E-state index in [1.165, 1.54) is 0 Å². The molecule has 0 fully saturated rings. The number of aliphatic hydroxyl groups excluding tert-OH is 1. The van der Waals surface area contributed by atoms with Crippen molar-refractivity contribution in [1.82, 2.24) is 14.5 Å². The van der Waals surface area contributed by atoms with E-state index >= 15 is 0 Å². The van der Waals surface area contributed by atoms with Crippen molar-refractivity contribution in [2.75, 3.05) is 18.9 Å². The summed E-state index contributed by atoms with van der Waals surface area (Å²) < 4.78 is 26.1. The fourth-order valence-electron chi connectivity index (χ4n) is 0.941. The molecule has 1 aromatic rings. The fourth-order valence-corrected chi connectivity index (χ4v) is 1.73. The molecule has 0 saturated carbocycles. The van der Waals surface area contributed by atoms with E-state index in [1.807, 2.05) is 0 Å². The quantitative estimate of drug-likeness (QED) is 0.629. The number of nitrogens with one attached hydrogen (secondary N) is 1. The van der Waals surface area contributed by atoms with Crippen molar-refractivity contribution >= 4 is 10.0 Å². The molecular formula is C7H13N3O3S. The van der Waals surface area contributed by atoms with Crippen LogP contribution < -0.4 is 4.72 Å². The van der Waals surface area contributed by atoms with Gasteiger partial charge in [0.1, 0.15) is 0 Å². The third-order valence-electron chi connectivity index (χ3n) is 1.58. The number of hydrogen-bond acceptors (Lipinski definition) is 4. The molecule has 0 radical (unpaired) electrons. The monoisotopic (exact) mass is 219 g/mol. The lowest BCUT2D eigenvalue weighted by molar-refractivity contribution is 0.319. The Morgan fingerprint density at radius 1 is 1.50 bits per heavy atom. The molecule has 1 heterocycles. The molecule has 0 aliphatic heterocycles. The van der Waals surface area contributed by atoms with Gasteiger partial charge >= 0.3 is 0 Å². The van der Waals surface area contributed by atoms with Crippen LogP contribution in [0.2, 0.25) is 0 Å². The number of aliphatic hydroxyl groups is 1. The van der Waals surface area contributed by atoms with Crippen LogP contribution in [0.3, 0.4) is 0 Å². The first-order valence-corrected chi connectivity index (χ1v) is 5.85. The maximum absolute atomic E-state index is 11.1. The molecule has 0 saturated heterocycles. The second-order valence-corrected chi connectivity index (χ2v) is 4.63. The lowest BCUT2D eigenvalue weighted by atomic mass is 10.6. The van der Waals surface area contributed by atoms with Crippen LogP contribution in [0.5, 0.6) is 0 Å². The summed E-state index contributed by atoms with van der Waals surface area (Å²) in [6.45, 7) is 0.402. The Balaban J connectivity index is 2.28. The highest BCUT2D eigenvalue weighted by atomic mass is 32.2. The van der Waals surface area contributed by atoms with Gasteiger partial charge in [-0.15, -0.1) is 0 Å². The molecule has 0 aromatic carbocycles. The molecule has 6 nitrogen and oxygen atoms in total. The SMILES string of the molecule is O=S(=O)(CCO)NCCn1cccn1. The number of sulfonamides is 1. The molecule has 0 spiro atoms. The zero-order valence-corrected chi connectivity index (χ0v) is 8.44. The number of rotatable bonds is 6. The van der Waals surface area contributed by atoms with E-state index in [-0.39, 0.29) is 18.9 Å². The highest BCUT2D eigenvalue weighted by molar-refractivity contribution is 7.89. The molecule has 1 rings (SSSR count). The molecular weight excluding hydrogens is 206 g/mol. The second kappa shape index (κ2) is 5.08. The lowest BCUT2D eigenvalue weighted by Gasteiger charge is -2.04. The maximum atomic E-state index is 11.1. The molecule has 14 heavy (non-hydrogen) atoms. The lowest BCUT2D eigenvalue weighted by Crippen LogP contribution is -2.30. The molecule has 0 amide bonds. The van der Waals surface area contributed by atoms with Crippen LogP contribution in [0.25, 0.3) is 0 Å². The number of aromatic nitrogens is 2. The summed E-state index contributed by atoms with van der Waals surface area (Å²) in [5.74, 6) is -0.258. The van der Waals surface area contributed by atoms with Gasteiger partial charge in [0.25, 0.3) is 0 Å². The van der Waals surface area contributed by atoms with Gasteiger partial charge in [0.05, 0.1) is 18.9 Å². The summed E-state index contributed by atoms with van der Waals surface area (Å²) in [5, 5.41) is 12.4. The molecule has 2 N–H and O–H groups in total. The van der Waals surface area contributed by atoms with Gasteiger partial charge < -0.3 is 5.11 Å². The van der Waals surface area contributed by atoms with Crippen LogP contribution in [0.1, 0.15) is 0 Å². The Morgan fingerprint density at radius 2 is 2.29 bits per heavy atom. The third-order valence-corrected chi connectivity index (χ3v) is 2.95. The van der Waals surface area contributed by atoms with Crippen LogP contribution in [0.15, 0.2) is 18.5 Å². The van der Waals surface area contributed by atoms with Crippen molar-refractivity contribution in [3.8, 4) is 0 Å². The van der Waals surface area contributed by atoms with Gasteiger partial charge in [-0.05, 0) is 6.07 Å². The maximum Gasteiger partial charge on any atom is 0.213 e. The molecule has 0 atom stereocenters. The van der Waals surface area contributed by atoms with Gasteiger partial charge in [0, 0.05) is 18.9 Å². The average Bonchev–Trinajstić information content (AvgIpc) is 2.56. The normalized spacial score (nSPS) is 11.8. The number of hydrogen-bond donors (Lipinski definition) is 2. The summed E-state index contributed by atoms with van der Waals surface area (Å²) in [7, 11) is -3.33. The van der Waals surface area contributed by atoms with Gasteiger partial charge in [-0.2, -0.15) is 5.10 Å². The van der Waals surface area contributed by atoms with E-state index in [9.17, 15) is 8.42 Å². The van der Waals surface area contributed by atoms with Crippen LogP contribution in [-0.2, 0) is 16.6 Å². The van der Waals surface area contributed by atoms with Crippen molar-refractivity contribution in [3.05, 3.63) is 18.5 Å². The molecule has 0 bridgehead atoms. The third kappa shape index (κ3) is 3.86. The Morgan fingerprint density at radius 3 is 2.86 bits per heavy atom. The van der Waals surface area contributed by atoms with Crippen LogP contribution in [-0.4, -0.2) is 42.2 Å². The minimum Gasteiger partial charge on any atom is -0.395 e. The largest absolute Gasteiger partial charge is 0.395 e. The highest BCUT2D eigenvalue weighted by Crippen LogP contribution is 1.85. The van der Waals surface area contributed by atoms with E-state index in [2.05, 4.69) is 9.82 Å². The Hall–Kier alpha value is -0.920. The predicted octanol–water partition coefficient (Wildman–Crippen LogP) is -1.21. The van der Waals surface area contributed by atoms with Crippen molar-refractivity contribution in [2.45, 2.75) is 6.54 Å². The van der Waals surface area contributed by atoms with Gasteiger partial charge in [-0.25, -0.2) is 13.1 Å². The zero-order valence-electron chi connectivity index (χ0n) is 7.63. The van der Waals surface area contributed by atoms with Crippen molar-refractivity contribution in [1.29, 1.82) is 0 Å². The molecule has 1 aromatic heterocycles. The van der Waals surface area contributed by atoms with Gasteiger partial charge in [-0.3, -0.25) is 4.68 Å². The summed E-state index contributed by atoms with van der Waals surface area (Å²) in [6.07, 6.45) is 3.38. The molecule has 7 heteroatoms. The van der Waals surface area contributed by atoms with Crippen molar-refractivity contribution in [3.63, 3.8) is 0 Å². The van der Waals surface area contributed by atoms with E-state index in [0.717, 1.165) is 0 Å². The Bertz CT molecular complexity index is 346. The predicted molar refractivity (Wildman–Crippen MR) is 51.1 cm³/mol. The molecule has 0 aliphatic rings. The van der Waals surface area contributed by atoms with Gasteiger partial charge in [0.2, 0.25) is 10.0 Å². The van der Waals surface area contributed by atoms with Crippen molar-refractivity contribution < 1.29 is 13.5 Å². The van der Waals surface area contributed by atoms with Gasteiger partial charge in [0.15, 0.2) is 0 Å². The smallest absolute Gasteiger partial charge is 0.213 e. The van der Waals surface area contributed by atoms with Crippen LogP contribution >= 0.6 is 0 Å². The summed E-state index contributed by atoms with van der Waals surface area (Å²) in [4.78, 5) is 0. The first kappa shape index (κ1) is 11.2. The van der Waals surface area contributed by atoms with Gasteiger partial charge in [-0.1, -0.05) is 0 Å². The van der Waals surface area contributed by atoms with E-state index in [4.69, 9.17) is 5.11 Å². The summed E-state index contributed by atoms with van der Waals surface area (Å²) in [6, 6.07) is 1.77. The minimum atomic E-state index is -3.33. The highest BCUT2D eigenvalue weighted by Gasteiger charge is 2.07. The first-order valence-electron chi connectivity index (χ1n) is 4.20. The average molecular weight is 219 g/mol. The summed E-state index contributed by atoms with van der Waals surface area (Å²) >= 11 is 0. The topological polar surface area (TPSA) is 84.2 Å². The summed E-state index contributed by atoms with van der Waals surface area (Å²) in [5.41, 5.74) is 0. The number of nitrogens with zero attached hydrogens (tertiary/aromatic N) is 2. The Kier molecular flexibility index (Phi) is 4.05. The van der Waals surface area contributed by atoms with Crippen LogP contribution in [0, 0.1) is 0 Å². The van der Waals surface area contributed by atoms with E-state index in [0.29, 0.717) is 6.54 Å². The second-order valence-electron chi connectivity index (χ2n) is 2.71.